The van der Waals surface area contributed by atoms with Gasteiger partial charge in [0.15, 0.2) is 0 Å². The van der Waals surface area contributed by atoms with Crippen LogP contribution in [0.5, 0.6) is 0 Å². The van der Waals surface area contributed by atoms with Crippen LogP contribution >= 0.6 is 11.6 Å². The summed E-state index contributed by atoms with van der Waals surface area (Å²) in [6.45, 7) is 8.52. The molecule has 1 aliphatic heterocycles. The van der Waals surface area contributed by atoms with Gasteiger partial charge in [-0.2, -0.15) is 0 Å². The second-order valence-electron chi connectivity index (χ2n) is 5.44. The lowest BCUT2D eigenvalue weighted by Gasteiger charge is -2.20. The topological polar surface area (TPSA) is 24.4 Å². The van der Waals surface area contributed by atoms with E-state index in [9.17, 15) is 0 Å². The maximum absolute atomic E-state index is 6.36. The van der Waals surface area contributed by atoms with Gasteiger partial charge in [-0.15, -0.1) is 0 Å². The summed E-state index contributed by atoms with van der Waals surface area (Å²) in [7, 11) is 0. The van der Waals surface area contributed by atoms with Gasteiger partial charge in [-0.1, -0.05) is 43.6 Å². The van der Waals surface area contributed by atoms with Crippen molar-refractivity contribution in [2.45, 2.75) is 33.6 Å². The molecule has 1 aromatic rings. The van der Waals surface area contributed by atoms with E-state index in [1.807, 2.05) is 18.2 Å². The molecule has 0 radical (unpaired) electrons. The van der Waals surface area contributed by atoms with Crippen LogP contribution in [0, 0.1) is 5.92 Å². The fraction of sp³-hybridized carbons (Fsp3) is 0.471. The van der Waals surface area contributed by atoms with Gasteiger partial charge in [0.1, 0.15) is 0 Å². The van der Waals surface area contributed by atoms with E-state index in [2.05, 4.69) is 32.2 Å². The van der Waals surface area contributed by atoms with Crippen molar-refractivity contribution in [2.24, 2.45) is 10.9 Å². The molecule has 1 aliphatic rings. The summed E-state index contributed by atoms with van der Waals surface area (Å²) >= 11 is 6.36. The van der Waals surface area contributed by atoms with Gasteiger partial charge in [0.05, 0.1) is 5.71 Å². The van der Waals surface area contributed by atoms with Crippen molar-refractivity contribution in [3.63, 3.8) is 0 Å². The number of hydrogen-bond acceptors (Lipinski definition) is 2. The van der Waals surface area contributed by atoms with Crippen molar-refractivity contribution < 1.29 is 0 Å². The lowest BCUT2D eigenvalue weighted by atomic mass is 9.95. The monoisotopic (exact) mass is 290 g/mol. The highest BCUT2D eigenvalue weighted by molar-refractivity contribution is 6.34. The summed E-state index contributed by atoms with van der Waals surface area (Å²) < 4.78 is 0. The van der Waals surface area contributed by atoms with Crippen LogP contribution in [-0.4, -0.2) is 18.8 Å². The Morgan fingerprint density at radius 1 is 1.40 bits per heavy atom. The number of nitrogens with zero attached hydrogens (tertiary/aromatic N) is 1. The number of nitrogens with one attached hydrogen (secondary N) is 1. The van der Waals surface area contributed by atoms with Crippen molar-refractivity contribution in [1.29, 1.82) is 0 Å². The number of hydrogen-bond donors (Lipinski definition) is 1. The first-order valence-corrected chi connectivity index (χ1v) is 7.74. The van der Waals surface area contributed by atoms with Crippen LogP contribution in [-0.2, 0) is 0 Å². The molecule has 0 amide bonds. The predicted molar refractivity (Wildman–Crippen MR) is 87.6 cm³/mol. The van der Waals surface area contributed by atoms with Gasteiger partial charge in [0.2, 0.25) is 0 Å². The molecule has 0 aliphatic carbocycles. The molecule has 0 fully saturated rings. The van der Waals surface area contributed by atoms with Crippen LogP contribution < -0.4 is 5.32 Å². The standard InChI is InChI=1S/C17H23ClN2/c1-4-12(2)17(14-7-5-6-8-15(14)18)20-16-9-10-19-11-13(16)3/h5-8,12,19H,4,9-11H2,1-3H3. The van der Waals surface area contributed by atoms with Gasteiger partial charge < -0.3 is 5.32 Å². The first kappa shape index (κ1) is 15.3. The molecule has 1 N–H and O–H groups in total. The minimum atomic E-state index is 0.407. The summed E-state index contributed by atoms with van der Waals surface area (Å²) in [5.74, 6) is 0.407. The Bertz CT molecular complexity index is 532. The minimum absolute atomic E-state index is 0.407. The van der Waals surface area contributed by atoms with Crippen molar-refractivity contribution in [3.8, 4) is 0 Å². The minimum Gasteiger partial charge on any atom is -0.313 e. The molecule has 108 valence electrons. The Hall–Kier alpha value is -1.12. The first-order valence-electron chi connectivity index (χ1n) is 7.36. The lowest BCUT2D eigenvalue weighted by Crippen LogP contribution is -2.24. The Balaban J connectivity index is 2.46. The number of aliphatic imine (C=N–C) groups is 1. The van der Waals surface area contributed by atoms with Crippen molar-refractivity contribution >= 4 is 17.3 Å². The molecule has 1 atom stereocenters. The van der Waals surface area contributed by atoms with Crippen LogP contribution in [0.3, 0.4) is 0 Å². The van der Waals surface area contributed by atoms with Gasteiger partial charge in [0.25, 0.3) is 0 Å². The molecule has 1 unspecified atom stereocenters. The summed E-state index contributed by atoms with van der Waals surface area (Å²) in [6.07, 6.45) is 2.06. The normalized spacial score (nSPS) is 18.3. The van der Waals surface area contributed by atoms with Crippen LogP contribution in [0.1, 0.15) is 39.2 Å². The van der Waals surface area contributed by atoms with Crippen LogP contribution in [0.15, 0.2) is 40.5 Å². The van der Waals surface area contributed by atoms with Crippen molar-refractivity contribution in [2.75, 3.05) is 13.1 Å². The fourth-order valence-corrected chi connectivity index (χ4v) is 2.63. The third kappa shape index (κ3) is 3.50. The predicted octanol–water partition coefficient (Wildman–Crippen LogP) is 4.44. The SMILES string of the molecule is CCC(C)C(=NC1=C(C)CNCC1)c1ccccc1Cl. The maximum Gasteiger partial charge on any atom is 0.0522 e. The molecule has 0 saturated heterocycles. The summed E-state index contributed by atoms with van der Waals surface area (Å²) in [5, 5.41) is 4.17. The summed E-state index contributed by atoms with van der Waals surface area (Å²) in [5.41, 5.74) is 4.75. The van der Waals surface area contributed by atoms with E-state index < -0.39 is 0 Å². The maximum atomic E-state index is 6.36. The molecule has 2 rings (SSSR count). The van der Waals surface area contributed by atoms with Crippen molar-refractivity contribution in [3.05, 3.63) is 46.1 Å². The number of rotatable bonds is 4. The zero-order valence-electron chi connectivity index (χ0n) is 12.5. The largest absolute Gasteiger partial charge is 0.313 e. The molecular formula is C17H23ClN2. The van der Waals surface area contributed by atoms with Gasteiger partial charge in [-0.25, -0.2) is 0 Å². The average molecular weight is 291 g/mol. The molecule has 1 aromatic carbocycles. The second kappa shape index (κ2) is 7.05. The molecule has 2 nitrogen and oxygen atoms in total. The second-order valence-corrected chi connectivity index (χ2v) is 5.85. The zero-order chi connectivity index (χ0) is 14.5. The third-order valence-corrected chi connectivity index (χ3v) is 4.24. The first-order chi connectivity index (χ1) is 9.63. The van der Waals surface area contributed by atoms with Gasteiger partial charge >= 0.3 is 0 Å². The van der Waals surface area contributed by atoms with E-state index >= 15 is 0 Å². The smallest absolute Gasteiger partial charge is 0.0522 e. The molecule has 0 bridgehead atoms. The molecule has 0 saturated carbocycles. The summed E-state index contributed by atoms with van der Waals surface area (Å²) in [4.78, 5) is 4.99. The fourth-order valence-electron chi connectivity index (χ4n) is 2.39. The average Bonchev–Trinajstić information content (AvgIpc) is 2.47. The molecule has 1 heterocycles. The van der Waals surface area contributed by atoms with E-state index in [-0.39, 0.29) is 0 Å². The van der Waals surface area contributed by atoms with Crippen LogP contribution in [0.2, 0.25) is 5.02 Å². The molecule has 20 heavy (non-hydrogen) atoms. The number of benzene rings is 1. The molecule has 0 spiro atoms. The highest BCUT2D eigenvalue weighted by Gasteiger charge is 2.16. The van der Waals surface area contributed by atoms with E-state index in [4.69, 9.17) is 16.6 Å². The Morgan fingerprint density at radius 2 is 2.15 bits per heavy atom. The zero-order valence-corrected chi connectivity index (χ0v) is 13.3. The highest BCUT2D eigenvalue weighted by atomic mass is 35.5. The van der Waals surface area contributed by atoms with E-state index in [0.29, 0.717) is 5.92 Å². The van der Waals surface area contributed by atoms with Crippen LogP contribution in [0.4, 0.5) is 0 Å². The van der Waals surface area contributed by atoms with Gasteiger partial charge in [-0.3, -0.25) is 4.99 Å². The number of halogens is 1. The van der Waals surface area contributed by atoms with Crippen LogP contribution in [0.25, 0.3) is 0 Å². The Morgan fingerprint density at radius 3 is 2.80 bits per heavy atom. The summed E-state index contributed by atoms with van der Waals surface area (Å²) in [6, 6.07) is 8.01. The molecule has 0 aromatic heterocycles. The highest BCUT2D eigenvalue weighted by Crippen LogP contribution is 2.24. The molecule has 3 heteroatoms. The van der Waals surface area contributed by atoms with E-state index in [1.165, 1.54) is 11.3 Å². The third-order valence-electron chi connectivity index (χ3n) is 3.91. The van der Waals surface area contributed by atoms with Crippen molar-refractivity contribution in [1.82, 2.24) is 5.32 Å². The van der Waals surface area contributed by atoms with Gasteiger partial charge in [0, 0.05) is 35.8 Å². The lowest BCUT2D eigenvalue weighted by molar-refractivity contribution is 0.668. The van der Waals surface area contributed by atoms with Gasteiger partial charge in [-0.05, 0) is 30.9 Å². The Labute approximate surface area is 126 Å². The van der Waals surface area contributed by atoms with E-state index in [1.54, 1.807) is 0 Å². The van der Waals surface area contributed by atoms with E-state index in [0.717, 1.165) is 42.2 Å². The quantitative estimate of drug-likeness (QED) is 0.815. The molecular weight excluding hydrogens is 268 g/mol. The Kier molecular flexibility index (Phi) is 5.38.